The maximum Gasteiger partial charge on any atom is 0.101 e. The minimum Gasteiger partial charge on any atom is -0.309 e. The average molecular weight is 565 g/mol. The highest BCUT2D eigenvalue weighted by Gasteiger charge is 2.21. The van der Waals surface area contributed by atoms with Crippen molar-refractivity contribution in [3.8, 4) is 23.5 Å². The SMILES string of the molecule is N#Cc1ccc(-n2c3ccccc3c3c4sc5c(ccc6c5c5ccccc5n6-c5ccccc5)c4ccc32)cc1C#N. The first kappa shape index (κ1) is 23.8. The van der Waals surface area contributed by atoms with Crippen LogP contribution in [0.25, 0.3) is 75.2 Å². The van der Waals surface area contributed by atoms with E-state index in [1.54, 1.807) is 6.07 Å². The molecule has 43 heavy (non-hydrogen) atoms. The molecule has 4 nitrogen and oxygen atoms in total. The third-order valence-electron chi connectivity index (χ3n) is 8.59. The second-order valence-electron chi connectivity index (χ2n) is 10.8. The summed E-state index contributed by atoms with van der Waals surface area (Å²) in [4.78, 5) is 0. The van der Waals surface area contributed by atoms with Gasteiger partial charge in [0, 0.05) is 53.1 Å². The van der Waals surface area contributed by atoms with E-state index in [1.165, 1.54) is 52.8 Å². The standard InChI is InChI=1S/C38H20N4S/c39-21-23-14-15-26(20-24(23)22-40)42-32-13-7-5-11-30(32)36-34(42)19-17-28-27-16-18-33-35(37(27)43-38(28)36)29-10-4-6-12-31(29)41(33)25-8-2-1-3-9-25/h1-20H. The third kappa shape index (κ3) is 3.17. The van der Waals surface area contributed by atoms with Gasteiger partial charge in [0.15, 0.2) is 0 Å². The zero-order valence-corrected chi connectivity index (χ0v) is 23.6. The molecule has 0 fully saturated rings. The van der Waals surface area contributed by atoms with E-state index in [-0.39, 0.29) is 0 Å². The predicted molar refractivity (Wildman–Crippen MR) is 177 cm³/mol. The average Bonchev–Trinajstić information content (AvgIpc) is 3.72. The summed E-state index contributed by atoms with van der Waals surface area (Å²) in [5.41, 5.74) is 7.34. The Morgan fingerprint density at radius 2 is 0.977 bits per heavy atom. The van der Waals surface area contributed by atoms with Crippen molar-refractivity contribution in [3.63, 3.8) is 0 Å². The summed E-state index contributed by atoms with van der Waals surface area (Å²) >= 11 is 1.86. The maximum atomic E-state index is 9.75. The zero-order chi connectivity index (χ0) is 28.7. The molecule has 198 valence electrons. The van der Waals surface area contributed by atoms with Crippen LogP contribution in [0.4, 0.5) is 0 Å². The molecule has 0 aliphatic carbocycles. The fraction of sp³-hybridized carbons (Fsp3) is 0. The summed E-state index contributed by atoms with van der Waals surface area (Å²) in [6.07, 6.45) is 0. The van der Waals surface area contributed by atoms with Gasteiger partial charge in [0.05, 0.1) is 33.2 Å². The highest BCUT2D eigenvalue weighted by molar-refractivity contribution is 7.27. The molecule has 9 rings (SSSR count). The molecular formula is C38H20N4S. The van der Waals surface area contributed by atoms with Crippen LogP contribution in [-0.4, -0.2) is 9.13 Å². The van der Waals surface area contributed by atoms with Gasteiger partial charge in [0.2, 0.25) is 0 Å². The van der Waals surface area contributed by atoms with Gasteiger partial charge in [0.1, 0.15) is 12.1 Å². The molecule has 0 N–H and O–H groups in total. The van der Waals surface area contributed by atoms with Crippen molar-refractivity contribution in [3.05, 3.63) is 132 Å². The minimum absolute atomic E-state index is 0.381. The number of hydrogen-bond acceptors (Lipinski definition) is 3. The first-order valence-electron chi connectivity index (χ1n) is 14.1. The van der Waals surface area contributed by atoms with E-state index >= 15 is 0 Å². The van der Waals surface area contributed by atoms with E-state index in [0.29, 0.717) is 11.1 Å². The van der Waals surface area contributed by atoms with E-state index in [2.05, 4.69) is 124 Å². The van der Waals surface area contributed by atoms with Crippen LogP contribution in [0.15, 0.2) is 121 Å². The topological polar surface area (TPSA) is 57.4 Å². The van der Waals surface area contributed by atoms with Crippen molar-refractivity contribution in [2.24, 2.45) is 0 Å². The number of aromatic nitrogens is 2. The third-order valence-corrected chi connectivity index (χ3v) is 9.85. The summed E-state index contributed by atoms with van der Waals surface area (Å²) in [5.74, 6) is 0. The van der Waals surface area contributed by atoms with Crippen LogP contribution in [-0.2, 0) is 0 Å². The maximum absolute atomic E-state index is 9.75. The van der Waals surface area contributed by atoms with Gasteiger partial charge in [-0.1, -0.05) is 66.7 Å². The lowest BCUT2D eigenvalue weighted by atomic mass is 10.1. The molecule has 0 radical (unpaired) electrons. The number of hydrogen-bond donors (Lipinski definition) is 0. The number of nitriles is 2. The van der Waals surface area contributed by atoms with Gasteiger partial charge < -0.3 is 9.13 Å². The van der Waals surface area contributed by atoms with Crippen LogP contribution in [0.1, 0.15) is 11.1 Å². The predicted octanol–water partition coefficient (Wildman–Crippen LogP) is 9.99. The monoisotopic (exact) mass is 564 g/mol. The summed E-state index contributed by atoms with van der Waals surface area (Å²) in [6, 6.07) is 46.5. The van der Waals surface area contributed by atoms with Crippen LogP contribution in [0.2, 0.25) is 0 Å². The molecule has 6 aromatic carbocycles. The van der Waals surface area contributed by atoms with Gasteiger partial charge in [-0.2, -0.15) is 10.5 Å². The van der Waals surface area contributed by atoms with E-state index in [1.807, 2.05) is 23.5 Å². The Hall–Kier alpha value is -5.88. The van der Waals surface area contributed by atoms with E-state index in [4.69, 9.17) is 0 Å². The van der Waals surface area contributed by atoms with E-state index in [9.17, 15) is 10.5 Å². The molecule has 0 aliphatic rings. The molecular weight excluding hydrogens is 545 g/mol. The Labute approximate surface area is 250 Å². The summed E-state index contributed by atoms with van der Waals surface area (Å²) in [5, 5.41) is 26.6. The van der Waals surface area contributed by atoms with Crippen molar-refractivity contribution >= 4 is 75.1 Å². The molecule has 5 heteroatoms. The van der Waals surface area contributed by atoms with Crippen molar-refractivity contribution in [1.29, 1.82) is 10.5 Å². The Morgan fingerprint density at radius 3 is 1.56 bits per heavy atom. The van der Waals surface area contributed by atoms with Gasteiger partial charge in [-0.15, -0.1) is 11.3 Å². The minimum atomic E-state index is 0.381. The highest BCUT2D eigenvalue weighted by atomic mass is 32.1. The summed E-state index contributed by atoms with van der Waals surface area (Å²) in [7, 11) is 0. The summed E-state index contributed by atoms with van der Waals surface area (Å²) in [6.45, 7) is 0. The Bertz CT molecular complexity index is 2690. The van der Waals surface area contributed by atoms with Crippen molar-refractivity contribution < 1.29 is 0 Å². The van der Waals surface area contributed by atoms with Crippen LogP contribution in [0.5, 0.6) is 0 Å². The fourth-order valence-corrected chi connectivity index (χ4v) is 8.20. The molecule has 0 saturated carbocycles. The zero-order valence-electron chi connectivity index (χ0n) is 22.7. The molecule has 0 unspecified atom stereocenters. The molecule has 3 aromatic heterocycles. The normalized spacial score (nSPS) is 11.7. The van der Waals surface area contributed by atoms with Gasteiger partial charge in [0.25, 0.3) is 0 Å². The largest absolute Gasteiger partial charge is 0.309 e. The molecule has 3 heterocycles. The Morgan fingerprint density at radius 1 is 0.442 bits per heavy atom. The molecule has 9 aromatic rings. The lowest BCUT2D eigenvalue weighted by molar-refractivity contribution is 1.17. The number of nitrogens with zero attached hydrogens (tertiary/aromatic N) is 4. The lowest BCUT2D eigenvalue weighted by Crippen LogP contribution is -1.96. The summed E-state index contributed by atoms with van der Waals surface area (Å²) < 4.78 is 7.12. The van der Waals surface area contributed by atoms with E-state index in [0.717, 1.165) is 22.4 Å². The van der Waals surface area contributed by atoms with Crippen LogP contribution in [0, 0.1) is 22.7 Å². The van der Waals surface area contributed by atoms with Crippen LogP contribution in [0.3, 0.4) is 0 Å². The Balaban J connectivity index is 1.42. The Kier molecular flexibility index (Phi) is 4.87. The van der Waals surface area contributed by atoms with Gasteiger partial charge >= 0.3 is 0 Å². The fourth-order valence-electron chi connectivity index (χ4n) is 6.79. The van der Waals surface area contributed by atoms with Gasteiger partial charge in [-0.25, -0.2) is 0 Å². The molecule has 0 bridgehead atoms. The number of benzene rings is 6. The van der Waals surface area contributed by atoms with Gasteiger partial charge in [-0.05, 0) is 54.6 Å². The number of thiophene rings is 1. The quantitative estimate of drug-likeness (QED) is 0.210. The first-order valence-corrected chi connectivity index (χ1v) is 14.9. The van der Waals surface area contributed by atoms with Crippen molar-refractivity contribution in [1.82, 2.24) is 9.13 Å². The van der Waals surface area contributed by atoms with Crippen LogP contribution < -0.4 is 0 Å². The number of fused-ring (bicyclic) bond motifs is 11. The smallest absolute Gasteiger partial charge is 0.101 e. The molecule has 0 atom stereocenters. The number of rotatable bonds is 2. The second-order valence-corrected chi connectivity index (χ2v) is 11.8. The molecule has 0 aliphatic heterocycles. The molecule has 0 spiro atoms. The highest BCUT2D eigenvalue weighted by Crippen LogP contribution is 2.47. The molecule has 0 saturated heterocycles. The van der Waals surface area contributed by atoms with Crippen molar-refractivity contribution in [2.75, 3.05) is 0 Å². The second kappa shape index (κ2) is 8.81. The van der Waals surface area contributed by atoms with Crippen molar-refractivity contribution in [2.45, 2.75) is 0 Å². The van der Waals surface area contributed by atoms with E-state index < -0.39 is 0 Å². The van der Waals surface area contributed by atoms with Crippen LogP contribution >= 0.6 is 11.3 Å². The number of para-hydroxylation sites is 3. The van der Waals surface area contributed by atoms with Gasteiger partial charge in [-0.3, -0.25) is 0 Å². The first-order chi connectivity index (χ1) is 21.3. The lowest BCUT2D eigenvalue weighted by Gasteiger charge is -2.09. The molecule has 0 amide bonds.